The summed E-state index contributed by atoms with van der Waals surface area (Å²) >= 11 is 1.37. The second-order valence-corrected chi connectivity index (χ2v) is 9.65. The number of hydrogen-bond donors (Lipinski definition) is 1. The van der Waals surface area contributed by atoms with E-state index in [1.807, 2.05) is 6.07 Å². The van der Waals surface area contributed by atoms with E-state index < -0.39 is 22.0 Å². The van der Waals surface area contributed by atoms with Crippen molar-refractivity contribution < 1.29 is 18.3 Å². The zero-order chi connectivity index (χ0) is 20.9. The van der Waals surface area contributed by atoms with Gasteiger partial charge in [0.2, 0.25) is 0 Å². The van der Waals surface area contributed by atoms with Gasteiger partial charge in [-0.1, -0.05) is 30.3 Å². The second kappa shape index (κ2) is 7.01. The zero-order valence-corrected chi connectivity index (χ0v) is 17.2. The van der Waals surface area contributed by atoms with Gasteiger partial charge in [-0.15, -0.1) is 11.3 Å². The molecule has 30 heavy (non-hydrogen) atoms. The Hall–Kier alpha value is -3.08. The van der Waals surface area contributed by atoms with Crippen LogP contribution in [0.4, 0.5) is 0 Å². The van der Waals surface area contributed by atoms with Crippen molar-refractivity contribution in [2.75, 3.05) is 0 Å². The van der Waals surface area contributed by atoms with Crippen LogP contribution in [0.15, 0.2) is 65.1 Å². The number of carbonyl (C=O) groups excluding carboxylic acids is 1. The summed E-state index contributed by atoms with van der Waals surface area (Å²) in [5.74, 6) is -0.441. The monoisotopic (exact) mass is 440 g/mol. The van der Waals surface area contributed by atoms with Crippen molar-refractivity contribution >= 4 is 37.5 Å². The summed E-state index contributed by atoms with van der Waals surface area (Å²) in [6, 6.07) is 13.4. The number of amides is 1. The lowest BCUT2D eigenvalue weighted by atomic mass is 10.1. The molecular formula is C20H16N4O4S2. The van der Waals surface area contributed by atoms with Crippen molar-refractivity contribution in [3.8, 4) is 0 Å². The number of aromatic nitrogens is 3. The smallest absolute Gasteiger partial charge is 0.283 e. The van der Waals surface area contributed by atoms with E-state index in [9.17, 15) is 18.3 Å². The summed E-state index contributed by atoms with van der Waals surface area (Å²) in [5, 5.41) is 14.6. The molecule has 0 aliphatic carbocycles. The molecule has 1 N–H and O–H groups in total. The summed E-state index contributed by atoms with van der Waals surface area (Å²) in [5.41, 5.74) is 4.07. The third-order valence-electron chi connectivity index (χ3n) is 5.07. The molecule has 1 atom stereocenters. The van der Waals surface area contributed by atoms with Gasteiger partial charge in [-0.25, -0.2) is 4.98 Å². The van der Waals surface area contributed by atoms with Gasteiger partial charge in [-0.3, -0.25) is 4.79 Å². The summed E-state index contributed by atoms with van der Waals surface area (Å²) in [6.45, 7) is 0.343. The number of benzene rings is 2. The van der Waals surface area contributed by atoms with Crippen LogP contribution in [0, 0.1) is 0 Å². The first-order valence-electron chi connectivity index (χ1n) is 9.11. The summed E-state index contributed by atoms with van der Waals surface area (Å²) in [4.78, 5) is 18.4. The number of aliphatic hydroxyl groups excluding tert-OH is 1. The van der Waals surface area contributed by atoms with Crippen molar-refractivity contribution in [1.29, 1.82) is 0 Å². The maximum Gasteiger partial charge on any atom is 0.283 e. The largest absolute Gasteiger partial charge is 0.378 e. The van der Waals surface area contributed by atoms with Gasteiger partial charge in [0.15, 0.2) is 6.10 Å². The minimum absolute atomic E-state index is 0.132. The molecule has 10 heteroatoms. The molecule has 0 fully saturated rings. The van der Waals surface area contributed by atoms with E-state index in [1.165, 1.54) is 28.5 Å². The fourth-order valence-corrected chi connectivity index (χ4v) is 5.45. The molecule has 5 rings (SSSR count). The summed E-state index contributed by atoms with van der Waals surface area (Å²) in [7, 11) is -3.85. The topological polar surface area (TPSA) is 105 Å². The van der Waals surface area contributed by atoms with E-state index in [0.717, 1.165) is 14.3 Å². The first-order chi connectivity index (χ1) is 14.4. The van der Waals surface area contributed by atoms with Crippen LogP contribution >= 0.6 is 11.3 Å². The number of fused-ring (bicyclic) bond motifs is 2. The van der Waals surface area contributed by atoms with E-state index in [4.69, 9.17) is 0 Å². The van der Waals surface area contributed by atoms with Gasteiger partial charge in [0.25, 0.3) is 15.9 Å². The fraction of sp³-hybridized carbons (Fsp3) is 0.150. The van der Waals surface area contributed by atoms with Crippen LogP contribution in [-0.2, 0) is 27.9 Å². The molecule has 0 saturated carbocycles. The van der Waals surface area contributed by atoms with Crippen LogP contribution in [-0.4, -0.2) is 38.5 Å². The van der Waals surface area contributed by atoms with Gasteiger partial charge in [0.1, 0.15) is 0 Å². The van der Waals surface area contributed by atoms with Crippen LogP contribution in [0.3, 0.4) is 0 Å². The molecule has 152 valence electrons. The van der Waals surface area contributed by atoms with E-state index >= 15 is 0 Å². The Morgan fingerprint density at radius 3 is 2.70 bits per heavy atom. The average Bonchev–Trinajstić information content (AvgIpc) is 3.47. The second-order valence-electron chi connectivity index (χ2n) is 6.97. The van der Waals surface area contributed by atoms with Crippen LogP contribution in [0.1, 0.15) is 22.9 Å². The number of thiazole rings is 1. The van der Waals surface area contributed by atoms with Crippen LogP contribution < -0.4 is 0 Å². The van der Waals surface area contributed by atoms with Gasteiger partial charge >= 0.3 is 0 Å². The molecule has 4 aromatic rings. The van der Waals surface area contributed by atoms with Crippen molar-refractivity contribution in [3.63, 3.8) is 0 Å². The predicted molar refractivity (Wildman–Crippen MR) is 110 cm³/mol. The van der Waals surface area contributed by atoms with Crippen LogP contribution in [0.25, 0.3) is 10.2 Å². The highest BCUT2D eigenvalue weighted by atomic mass is 32.2. The first kappa shape index (κ1) is 18.9. The zero-order valence-electron chi connectivity index (χ0n) is 15.5. The first-order valence-corrected chi connectivity index (χ1v) is 11.4. The van der Waals surface area contributed by atoms with Crippen LogP contribution in [0.5, 0.6) is 0 Å². The fourth-order valence-electron chi connectivity index (χ4n) is 3.46. The quantitative estimate of drug-likeness (QED) is 0.522. The van der Waals surface area contributed by atoms with Gasteiger partial charge in [-0.2, -0.15) is 17.6 Å². The molecule has 2 aromatic heterocycles. The van der Waals surface area contributed by atoms with Crippen molar-refractivity contribution in [2.24, 2.45) is 0 Å². The molecule has 3 heterocycles. The Balaban J connectivity index is 1.37. The summed E-state index contributed by atoms with van der Waals surface area (Å²) in [6.07, 6.45) is 0.168. The molecule has 0 unspecified atom stereocenters. The molecule has 8 nitrogen and oxygen atoms in total. The average molecular weight is 441 g/mol. The third kappa shape index (κ3) is 3.09. The van der Waals surface area contributed by atoms with Gasteiger partial charge < -0.3 is 10.0 Å². The summed E-state index contributed by atoms with van der Waals surface area (Å²) < 4.78 is 27.7. The molecule has 0 radical (unpaired) electrons. The number of aliphatic hydroxyl groups is 1. The molecule has 1 aliphatic rings. The highest BCUT2D eigenvalue weighted by Gasteiger charge is 2.32. The van der Waals surface area contributed by atoms with Gasteiger partial charge in [-0.05, 0) is 23.8 Å². The number of rotatable bonds is 4. The van der Waals surface area contributed by atoms with Crippen molar-refractivity contribution in [3.05, 3.63) is 77.1 Å². The minimum Gasteiger partial charge on any atom is -0.378 e. The molecule has 0 bridgehead atoms. The maximum absolute atomic E-state index is 13.0. The number of carbonyl (C=O) groups is 1. The maximum atomic E-state index is 13.0. The van der Waals surface area contributed by atoms with E-state index in [-0.39, 0.29) is 18.0 Å². The molecular weight excluding hydrogens is 424 g/mol. The lowest BCUT2D eigenvalue weighted by molar-refractivity contribution is -0.141. The SMILES string of the molecule is O=C([C@H](O)c1ccccc1)N1Cc2cn(S(=O)(=O)c3ccc4ncsc4c3)nc2C1. The van der Waals surface area contributed by atoms with Crippen molar-refractivity contribution in [1.82, 2.24) is 19.1 Å². The lowest BCUT2D eigenvalue weighted by Crippen LogP contribution is -2.31. The molecule has 2 aromatic carbocycles. The standard InChI is InChI=1S/C20H16N4O4S2/c25-19(13-4-2-1-3-5-13)20(26)23-9-14-10-24(22-17(14)11-23)30(27,28)15-6-7-16-18(8-15)29-12-21-16/h1-8,10,12,19,25H,9,11H2/t19-/m1/s1. The van der Waals surface area contributed by atoms with E-state index in [0.29, 0.717) is 16.8 Å². The normalized spacial score (nSPS) is 14.8. The predicted octanol–water partition coefficient (Wildman–Crippen LogP) is 2.31. The van der Waals surface area contributed by atoms with Crippen molar-refractivity contribution in [2.45, 2.75) is 24.1 Å². The van der Waals surface area contributed by atoms with Gasteiger partial charge in [0.05, 0.1) is 32.9 Å². The van der Waals surface area contributed by atoms with E-state index in [2.05, 4.69) is 10.1 Å². The number of hydrogen-bond acceptors (Lipinski definition) is 7. The Morgan fingerprint density at radius 2 is 1.93 bits per heavy atom. The molecule has 0 saturated heterocycles. The Labute approximate surface area is 176 Å². The number of nitrogens with zero attached hydrogens (tertiary/aromatic N) is 4. The minimum atomic E-state index is -3.85. The highest BCUT2D eigenvalue weighted by molar-refractivity contribution is 7.89. The third-order valence-corrected chi connectivity index (χ3v) is 7.39. The Bertz CT molecular complexity index is 1340. The molecule has 1 amide bonds. The van der Waals surface area contributed by atoms with Crippen LogP contribution in [0.2, 0.25) is 0 Å². The molecule has 0 spiro atoms. The Morgan fingerprint density at radius 1 is 1.13 bits per heavy atom. The highest BCUT2D eigenvalue weighted by Crippen LogP contribution is 2.28. The van der Waals surface area contributed by atoms with Gasteiger partial charge in [0, 0.05) is 18.3 Å². The lowest BCUT2D eigenvalue weighted by Gasteiger charge is -2.20. The molecule has 1 aliphatic heterocycles. The van der Waals surface area contributed by atoms with E-state index in [1.54, 1.807) is 41.9 Å². The Kier molecular flexibility index (Phi) is 4.42.